The first-order chi connectivity index (χ1) is 19.3. The number of hydrogen-bond acceptors (Lipinski definition) is 7. The Morgan fingerprint density at radius 2 is 1.95 bits per heavy atom. The fourth-order valence-corrected chi connectivity index (χ4v) is 6.32. The number of hydrogen-bond donors (Lipinski definition) is 1. The molecule has 2 aliphatic heterocycles. The number of anilines is 1. The molecule has 11 heteroatoms. The fraction of sp³-hybridized carbons (Fsp3) is 0.414. The minimum absolute atomic E-state index is 0.0805. The van der Waals surface area contributed by atoms with Crippen molar-refractivity contribution in [2.75, 3.05) is 25.1 Å². The summed E-state index contributed by atoms with van der Waals surface area (Å²) in [4.78, 5) is 46.2. The van der Waals surface area contributed by atoms with E-state index in [1.807, 2.05) is 43.3 Å². The number of nitrogens with zero attached hydrogens (tertiary/aromatic N) is 4. The molecule has 1 aromatic carbocycles. The molecule has 2 aromatic heterocycles. The summed E-state index contributed by atoms with van der Waals surface area (Å²) in [5, 5.41) is 8.20. The van der Waals surface area contributed by atoms with Gasteiger partial charge in [-0.15, -0.1) is 0 Å². The summed E-state index contributed by atoms with van der Waals surface area (Å²) in [5.74, 6) is -0.289. The largest absolute Gasteiger partial charge is 0.377 e. The fourth-order valence-electron chi connectivity index (χ4n) is 6.01. The van der Waals surface area contributed by atoms with E-state index in [0.717, 1.165) is 28.5 Å². The first-order valence-electron chi connectivity index (χ1n) is 13.3. The van der Waals surface area contributed by atoms with Crippen LogP contribution in [0.15, 0.2) is 47.1 Å². The number of carbonyl (C=O) groups excluding carboxylic acids is 3. The molecule has 2 amide bonds. The zero-order valence-corrected chi connectivity index (χ0v) is 23.9. The van der Waals surface area contributed by atoms with Crippen LogP contribution in [0.25, 0.3) is 10.9 Å². The smallest absolute Gasteiger partial charge is 0.248 e. The Balaban J connectivity index is 1.33. The quantitative estimate of drug-likeness (QED) is 0.273. The first-order valence-corrected chi connectivity index (χ1v) is 14.1. The third-order valence-electron chi connectivity index (χ3n) is 8.03. The monoisotopic (exact) mass is 607 g/mol. The number of para-hydroxylation sites is 1. The summed E-state index contributed by atoms with van der Waals surface area (Å²) in [7, 11) is 0. The van der Waals surface area contributed by atoms with E-state index < -0.39 is 6.04 Å². The van der Waals surface area contributed by atoms with Crippen LogP contribution in [0.2, 0.25) is 0 Å². The van der Waals surface area contributed by atoms with Crippen molar-refractivity contribution in [1.82, 2.24) is 19.7 Å². The number of benzene rings is 1. The number of halogens is 1. The van der Waals surface area contributed by atoms with Crippen molar-refractivity contribution in [3.63, 3.8) is 0 Å². The van der Waals surface area contributed by atoms with E-state index in [1.54, 1.807) is 15.6 Å². The number of aromatic nitrogens is 3. The van der Waals surface area contributed by atoms with Crippen molar-refractivity contribution in [2.45, 2.75) is 51.9 Å². The lowest BCUT2D eigenvalue weighted by molar-refractivity contribution is -0.138. The Bertz CT molecular complexity index is 1550. The van der Waals surface area contributed by atoms with E-state index in [0.29, 0.717) is 42.4 Å². The van der Waals surface area contributed by atoms with Crippen LogP contribution in [0, 0.1) is 12.3 Å². The van der Waals surface area contributed by atoms with E-state index in [4.69, 9.17) is 9.47 Å². The average Bonchev–Trinajstić information content (AvgIpc) is 3.31. The molecule has 40 heavy (non-hydrogen) atoms. The Kier molecular flexibility index (Phi) is 7.05. The summed E-state index contributed by atoms with van der Waals surface area (Å²) in [5.41, 5.74) is 2.46. The molecule has 1 aliphatic carbocycles. The Hall–Kier alpha value is -3.41. The van der Waals surface area contributed by atoms with Crippen LogP contribution in [0.4, 0.5) is 5.82 Å². The maximum Gasteiger partial charge on any atom is 0.248 e. The van der Waals surface area contributed by atoms with E-state index in [-0.39, 0.29) is 42.2 Å². The summed E-state index contributed by atoms with van der Waals surface area (Å²) < 4.78 is 13.9. The number of pyridine rings is 1. The number of nitrogens with one attached hydrogen (secondary N) is 1. The molecular weight excluding hydrogens is 578 g/mol. The van der Waals surface area contributed by atoms with Gasteiger partial charge in [0.15, 0.2) is 5.78 Å². The molecule has 4 heterocycles. The van der Waals surface area contributed by atoms with Gasteiger partial charge in [0.2, 0.25) is 11.8 Å². The average molecular weight is 608 g/mol. The second kappa shape index (κ2) is 10.5. The minimum atomic E-state index is -0.694. The van der Waals surface area contributed by atoms with Crippen LogP contribution < -0.4 is 5.32 Å². The molecule has 1 saturated carbocycles. The van der Waals surface area contributed by atoms with E-state index >= 15 is 0 Å². The normalized spacial score (nSPS) is 25.4. The molecule has 1 saturated heterocycles. The van der Waals surface area contributed by atoms with Gasteiger partial charge in [0, 0.05) is 29.3 Å². The summed E-state index contributed by atoms with van der Waals surface area (Å²) in [6, 6.07) is 8.50. The second-order valence-corrected chi connectivity index (χ2v) is 11.6. The molecule has 3 aromatic rings. The van der Waals surface area contributed by atoms with Gasteiger partial charge in [0.05, 0.1) is 31.9 Å². The third kappa shape index (κ3) is 4.86. The Morgan fingerprint density at radius 1 is 1.15 bits per heavy atom. The van der Waals surface area contributed by atoms with Crippen molar-refractivity contribution in [3.8, 4) is 0 Å². The predicted molar refractivity (Wildman–Crippen MR) is 151 cm³/mol. The topological polar surface area (TPSA) is 116 Å². The number of ether oxygens (including phenoxy) is 2. The third-order valence-corrected chi connectivity index (χ3v) is 8.47. The molecule has 6 rings (SSSR count). The van der Waals surface area contributed by atoms with Gasteiger partial charge in [0.25, 0.3) is 0 Å². The molecule has 0 radical (unpaired) electrons. The number of ketones is 1. The highest BCUT2D eigenvalue weighted by Crippen LogP contribution is 2.60. The van der Waals surface area contributed by atoms with Crippen LogP contribution in [0.5, 0.6) is 0 Å². The van der Waals surface area contributed by atoms with E-state index in [2.05, 4.69) is 31.3 Å². The Labute approximate surface area is 239 Å². The summed E-state index contributed by atoms with van der Waals surface area (Å²) in [6.07, 6.45) is 5.10. The lowest BCUT2D eigenvalue weighted by Crippen LogP contribution is -2.47. The number of piperidine rings is 1. The number of amides is 2. The van der Waals surface area contributed by atoms with Gasteiger partial charge >= 0.3 is 0 Å². The molecule has 0 unspecified atom stereocenters. The van der Waals surface area contributed by atoms with Gasteiger partial charge in [-0.3, -0.25) is 19.1 Å². The standard InChI is InChI=1S/C29H30BrN5O5/c1-17-6-5-7-20-25(18(2)36)33-34(26(17)20)14-24(37)35-21-12-29(13-22(29)35)16-40-11-4-3-10-39-15-19-8-9-23(30)31-27(19)32-28(21)38/h3-9,21-22H,10-16H2,1-2H3,(H,31,32,38)/b4-3+/t21-,22+,29-/m0/s1. The minimum Gasteiger partial charge on any atom is -0.377 e. The number of aryl methyl sites for hydroxylation is 1. The van der Waals surface area contributed by atoms with Crippen molar-refractivity contribution < 1.29 is 23.9 Å². The van der Waals surface area contributed by atoms with Crippen molar-refractivity contribution >= 4 is 50.2 Å². The first kappa shape index (κ1) is 26.8. The summed E-state index contributed by atoms with van der Waals surface area (Å²) in [6.45, 7) is 4.89. The van der Waals surface area contributed by atoms with Crippen LogP contribution >= 0.6 is 15.9 Å². The van der Waals surface area contributed by atoms with Crippen molar-refractivity contribution in [3.05, 3.63) is 63.9 Å². The molecule has 1 spiro atoms. The Morgan fingerprint density at radius 3 is 2.75 bits per heavy atom. The van der Waals surface area contributed by atoms with E-state index in [1.165, 1.54) is 6.92 Å². The van der Waals surface area contributed by atoms with Crippen molar-refractivity contribution in [2.24, 2.45) is 5.41 Å². The highest BCUT2D eigenvalue weighted by molar-refractivity contribution is 9.10. The maximum absolute atomic E-state index is 14.0. The van der Waals surface area contributed by atoms with E-state index in [9.17, 15) is 14.4 Å². The molecule has 208 valence electrons. The van der Waals surface area contributed by atoms with Gasteiger partial charge in [-0.05, 0) is 47.3 Å². The molecule has 3 aliphatic rings. The van der Waals surface area contributed by atoms with Crippen LogP contribution in [-0.4, -0.2) is 69.2 Å². The highest BCUT2D eigenvalue weighted by Gasteiger charge is 2.67. The lowest BCUT2D eigenvalue weighted by Gasteiger charge is -2.27. The van der Waals surface area contributed by atoms with Gasteiger partial charge in [0.1, 0.15) is 28.7 Å². The molecule has 1 N–H and O–H groups in total. The molecule has 2 fully saturated rings. The molecule has 10 nitrogen and oxygen atoms in total. The maximum atomic E-state index is 14.0. The number of likely N-dealkylation sites (tertiary alicyclic amines) is 1. The summed E-state index contributed by atoms with van der Waals surface area (Å²) >= 11 is 3.39. The van der Waals surface area contributed by atoms with Crippen LogP contribution in [-0.2, 0) is 32.2 Å². The predicted octanol–water partition coefficient (Wildman–Crippen LogP) is 3.81. The number of carbonyl (C=O) groups is 3. The lowest BCUT2D eigenvalue weighted by atomic mass is 10.00. The SMILES string of the molecule is CC(=O)c1nn(CC(=O)N2[C@H]3C[C@@]4(COC/C=C/COCc5ccc(Br)nc5NC3=O)C[C@@H]24)c2c(C)cccc12. The second-order valence-electron chi connectivity index (χ2n) is 10.8. The van der Waals surface area contributed by atoms with Gasteiger partial charge in [-0.1, -0.05) is 36.4 Å². The molecule has 2 bridgehead atoms. The van der Waals surface area contributed by atoms with Crippen LogP contribution in [0.1, 0.15) is 41.4 Å². The van der Waals surface area contributed by atoms with Gasteiger partial charge < -0.3 is 19.7 Å². The molecular formula is C29H30BrN5O5. The zero-order valence-electron chi connectivity index (χ0n) is 22.4. The van der Waals surface area contributed by atoms with Gasteiger partial charge in [-0.25, -0.2) is 4.98 Å². The van der Waals surface area contributed by atoms with Gasteiger partial charge in [-0.2, -0.15) is 5.10 Å². The van der Waals surface area contributed by atoms with Crippen LogP contribution in [0.3, 0.4) is 0 Å². The van der Waals surface area contributed by atoms with Crippen molar-refractivity contribution in [1.29, 1.82) is 0 Å². The molecule has 3 atom stereocenters. The highest BCUT2D eigenvalue weighted by atomic mass is 79.9. The number of rotatable bonds is 3. The zero-order chi connectivity index (χ0) is 28.0. The number of Topliss-reactive ketones (excluding diaryl/α,β-unsaturated/α-hetero) is 1. The number of fused-ring (bicyclic) bond motifs is 3.